The third-order valence-electron chi connectivity index (χ3n) is 9.44. The predicted molar refractivity (Wildman–Crippen MR) is 209 cm³/mol. The zero-order valence-electron chi connectivity index (χ0n) is 32.9. The van der Waals surface area contributed by atoms with Crippen LogP contribution in [-0.4, -0.2) is 114 Å². The maximum absolute atomic E-state index is 13.7. The van der Waals surface area contributed by atoms with E-state index in [1.807, 2.05) is 0 Å². The highest BCUT2D eigenvalue weighted by atomic mass is 16.2. The SMILES string of the molecule is NCCCC[C@H](NNC(=O)CCCCCN1C(=O)C=CC1=O)C(=O)N[C@@H](CCCCN)C(=O)N[C@@H](CCCCN)C(=O)NC(=O)CCCCCN1C(=O)C=CC1=O. The molecule has 57 heavy (non-hydrogen) atoms. The van der Waals surface area contributed by atoms with E-state index in [9.17, 15) is 43.2 Å². The summed E-state index contributed by atoms with van der Waals surface area (Å²) in [6.45, 7) is 1.62. The molecule has 0 radical (unpaired) electrons. The van der Waals surface area contributed by atoms with Crippen molar-refractivity contribution in [3.05, 3.63) is 24.3 Å². The molecular formula is C38H62N10O9. The van der Waals surface area contributed by atoms with Gasteiger partial charge in [0.1, 0.15) is 18.1 Å². The van der Waals surface area contributed by atoms with Gasteiger partial charge in [-0.2, -0.15) is 0 Å². The predicted octanol–water partition coefficient (Wildman–Crippen LogP) is -1.05. The van der Waals surface area contributed by atoms with Gasteiger partial charge in [-0.15, -0.1) is 0 Å². The van der Waals surface area contributed by atoms with Crippen LogP contribution in [0.3, 0.4) is 0 Å². The molecule has 2 rings (SSSR count). The molecule has 0 aliphatic carbocycles. The van der Waals surface area contributed by atoms with Gasteiger partial charge in [-0.3, -0.25) is 63.7 Å². The van der Waals surface area contributed by atoms with E-state index < -0.39 is 41.8 Å². The molecule has 9 amide bonds. The van der Waals surface area contributed by atoms with E-state index in [4.69, 9.17) is 17.2 Å². The quantitative estimate of drug-likeness (QED) is 0.0236. The van der Waals surface area contributed by atoms with Crippen molar-refractivity contribution in [2.24, 2.45) is 17.2 Å². The van der Waals surface area contributed by atoms with E-state index in [2.05, 4.69) is 26.8 Å². The molecule has 0 spiro atoms. The number of amides is 9. The lowest BCUT2D eigenvalue weighted by Crippen LogP contribution is -2.58. The van der Waals surface area contributed by atoms with Crippen LogP contribution in [0.2, 0.25) is 0 Å². The van der Waals surface area contributed by atoms with E-state index in [-0.39, 0.29) is 68.3 Å². The molecule has 2 aliphatic rings. The average Bonchev–Trinajstić information content (AvgIpc) is 3.68. The first-order valence-electron chi connectivity index (χ1n) is 20.1. The average molecular weight is 803 g/mol. The number of hydrogen-bond donors (Lipinski definition) is 8. The maximum Gasteiger partial charge on any atom is 0.253 e. The smallest absolute Gasteiger partial charge is 0.253 e. The summed E-state index contributed by atoms with van der Waals surface area (Å²) in [6.07, 6.45) is 12.1. The summed E-state index contributed by atoms with van der Waals surface area (Å²) >= 11 is 0. The normalized spacial score (nSPS) is 15.2. The lowest BCUT2D eigenvalue weighted by atomic mass is 10.0. The molecule has 318 valence electrons. The molecule has 19 heteroatoms. The van der Waals surface area contributed by atoms with Gasteiger partial charge in [-0.25, -0.2) is 5.43 Å². The summed E-state index contributed by atoms with van der Waals surface area (Å²) in [5, 5.41) is 7.83. The standard InChI is InChI=1S/C38H62N10O9/c39-22-8-5-13-27(43-38(57)29(15-7-10-24-41)45-46-31(50)17-4-2-12-26-48-34(53)20-21-35(48)54)36(55)42-28(14-6-9-23-40)37(56)44-30(49)16-3-1-11-25-47-32(51)18-19-33(47)52/h18-21,27-29,45H,1-17,22-26,39-41H2,(H,42,55)(H,43,57)(H,46,50)(H,44,49,56)/t27-,28-,29-/m0/s1. The van der Waals surface area contributed by atoms with E-state index in [0.29, 0.717) is 103 Å². The monoisotopic (exact) mass is 802 g/mol. The Bertz CT molecular complexity index is 1420. The first kappa shape index (κ1) is 48.3. The summed E-state index contributed by atoms with van der Waals surface area (Å²) in [7, 11) is 0. The van der Waals surface area contributed by atoms with Crippen molar-refractivity contribution in [3.8, 4) is 0 Å². The molecule has 0 unspecified atom stereocenters. The largest absolute Gasteiger partial charge is 0.343 e. The van der Waals surface area contributed by atoms with Crippen molar-refractivity contribution < 1.29 is 43.2 Å². The van der Waals surface area contributed by atoms with Gasteiger partial charge in [-0.1, -0.05) is 19.3 Å². The van der Waals surface area contributed by atoms with Gasteiger partial charge in [0.2, 0.25) is 29.5 Å². The van der Waals surface area contributed by atoms with E-state index in [0.717, 1.165) is 9.80 Å². The lowest BCUT2D eigenvalue weighted by molar-refractivity contribution is -0.138. The van der Waals surface area contributed by atoms with Crippen LogP contribution in [0.15, 0.2) is 24.3 Å². The van der Waals surface area contributed by atoms with Gasteiger partial charge in [0.05, 0.1) is 0 Å². The zero-order valence-corrected chi connectivity index (χ0v) is 32.9. The summed E-state index contributed by atoms with van der Waals surface area (Å²) in [5.74, 6) is -4.24. The zero-order chi connectivity index (χ0) is 42.0. The van der Waals surface area contributed by atoms with Crippen molar-refractivity contribution >= 4 is 53.2 Å². The molecular weight excluding hydrogens is 740 g/mol. The highest BCUT2D eigenvalue weighted by Gasteiger charge is 2.30. The van der Waals surface area contributed by atoms with Crippen LogP contribution in [0.5, 0.6) is 0 Å². The van der Waals surface area contributed by atoms with Crippen LogP contribution in [0.1, 0.15) is 109 Å². The van der Waals surface area contributed by atoms with Crippen molar-refractivity contribution in [2.75, 3.05) is 32.7 Å². The second kappa shape index (κ2) is 27.7. The van der Waals surface area contributed by atoms with Crippen LogP contribution in [0.4, 0.5) is 0 Å². The number of imide groups is 3. The van der Waals surface area contributed by atoms with Crippen LogP contribution >= 0.6 is 0 Å². The third kappa shape index (κ3) is 18.8. The summed E-state index contributed by atoms with van der Waals surface area (Å²) < 4.78 is 0. The Balaban J connectivity index is 1.95. The van der Waals surface area contributed by atoms with E-state index in [1.54, 1.807) is 0 Å². The van der Waals surface area contributed by atoms with Crippen molar-refractivity contribution in [3.63, 3.8) is 0 Å². The summed E-state index contributed by atoms with van der Waals surface area (Å²) in [4.78, 5) is 115. The fourth-order valence-corrected chi connectivity index (χ4v) is 6.11. The minimum atomic E-state index is -1.09. The van der Waals surface area contributed by atoms with Crippen molar-refractivity contribution in [1.82, 2.24) is 36.6 Å². The number of nitrogens with two attached hydrogens (primary N) is 3. The summed E-state index contributed by atoms with van der Waals surface area (Å²) in [6, 6.07) is -3.07. The Morgan fingerprint density at radius 3 is 1.30 bits per heavy atom. The van der Waals surface area contributed by atoms with Crippen LogP contribution in [-0.2, 0) is 43.2 Å². The molecule has 11 N–H and O–H groups in total. The highest BCUT2D eigenvalue weighted by Crippen LogP contribution is 2.11. The molecule has 19 nitrogen and oxygen atoms in total. The number of nitrogens with one attached hydrogen (secondary N) is 5. The topological polar surface area (TPSA) is 298 Å². The number of rotatable bonds is 31. The van der Waals surface area contributed by atoms with E-state index in [1.165, 1.54) is 24.3 Å². The Kier molecular flexibility index (Phi) is 23.5. The Hall–Kier alpha value is -4.85. The van der Waals surface area contributed by atoms with Gasteiger partial charge in [0.15, 0.2) is 0 Å². The Morgan fingerprint density at radius 2 is 0.860 bits per heavy atom. The van der Waals surface area contributed by atoms with Crippen LogP contribution < -0.4 is 44.0 Å². The number of unbranched alkanes of at least 4 members (excludes halogenated alkanes) is 7. The number of carbonyl (C=O) groups excluding carboxylic acids is 9. The second-order valence-electron chi connectivity index (χ2n) is 14.1. The first-order chi connectivity index (χ1) is 27.4. The van der Waals surface area contributed by atoms with Gasteiger partial charge in [-0.05, 0) is 96.7 Å². The molecule has 0 aromatic heterocycles. The molecule has 0 bridgehead atoms. The van der Waals surface area contributed by atoms with Crippen LogP contribution in [0.25, 0.3) is 0 Å². The fraction of sp³-hybridized carbons (Fsp3) is 0.658. The Labute approximate surface area is 334 Å². The highest BCUT2D eigenvalue weighted by molar-refractivity contribution is 6.13. The number of hydrazine groups is 1. The molecule has 0 aromatic rings. The number of carbonyl (C=O) groups is 9. The third-order valence-corrected chi connectivity index (χ3v) is 9.44. The first-order valence-corrected chi connectivity index (χ1v) is 20.1. The minimum absolute atomic E-state index is 0.0171. The lowest BCUT2D eigenvalue weighted by Gasteiger charge is -2.25. The summed E-state index contributed by atoms with van der Waals surface area (Å²) in [5.41, 5.74) is 22.4. The molecule has 2 heterocycles. The molecule has 0 aromatic carbocycles. The van der Waals surface area contributed by atoms with Gasteiger partial charge in [0, 0.05) is 50.2 Å². The van der Waals surface area contributed by atoms with Crippen molar-refractivity contribution in [2.45, 2.75) is 127 Å². The molecule has 0 saturated carbocycles. The van der Waals surface area contributed by atoms with Gasteiger partial charge < -0.3 is 27.8 Å². The minimum Gasteiger partial charge on any atom is -0.343 e. The van der Waals surface area contributed by atoms with E-state index >= 15 is 0 Å². The van der Waals surface area contributed by atoms with Gasteiger partial charge in [0.25, 0.3) is 23.6 Å². The number of nitrogens with zero attached hydrogens (tertiary/aromatic N) is 2. The van der Waals surface area contributed by atoms with Crippen LogP contribution in [0, 0.1) is 0 Å². The molecule has 3 atom stereocenters. The number of hydrogen-bond acceptors (Lipinski definition) is 13. The second-order valence-corrected chi connectivity index (χ2v) is 14.1. The fourth-order valence-electron chi connectivity index (χ4n) is 6.11. The molecule has 2 aliphatic heterocycles. The maximum atomic E-state index is 13.7. The Morgan fingerprint density at radius 1 is 0.474 bits per heavy atom. The van der Waals surface area contributed by atoms with Gasteiger partial charge >= 0.3 is 0 Å². The molecule has 0 fully saturated rings. The molecule has 0 saturated heterocycles. The van der Waals surface area contributed by atoms with Crippen molar-refractivity contribution in [1.29, 1.82) is 0 Å².